The second-order valence-electron chi connectivity index (χ2n) is 7.55. The topological polar surface area (TPSA) is 75.7 Å². The van der Waals surface area contributed by atoms with E-state index in [9.17, 15) is 13.0 Å². The van der Waals surface area contributed by atoms with E-state index in [2.05, 4.69) is 26.0 Å². The molecule has 0 aliphatic heterocycles. The molecule has 1 atom stereocenters. The molecule has 0 aliphatic carbocycles. The largest absolute Gasteiger partial charge is 0.744 e. The monoisotopic (exact) mass is 391 g/mol. The number of benzene rings is 2. The van der Waals surface area contributed by atoms with E-state index in [0.717, 1.165) is 12.2 Å². The lowest BCUT2D eigenvalue weighted by Gasteiger charge is -2.25. The number of ether oxygens (including phenoxy) is 2. The molecule has 0 N–H and O–H groups in total. The first kappa shape index (κ1) is 21.3. The van der Waals surface area contributed by atoms with Crippen molar-refractivity contribution in [2.45, 2.75) is 44.9 Å². The van der Waals surface area contributed by atoms with Crippen molar-refractivity contribution in [1.29, 1.82) is 0 Å². The van der Waals surface area contributed by atoms with Crippen LogP contribution in [0, 0.1) is 5.41 Å². The van der Waals surface area contributed by atoms with Gasteiger partial charge in [-0.25, -0.2) is 8.42 Å². The Morgan fingerprint density at radius 1 is 0.926 bits per heavy atom. The molecule has 148 valence electrons. The molecule has 5 nitrogen and oxygen atoms in total. The van der Waals surface area contributed by atoms with Crippen molar-refractivity contribution >= 4 is 10.1 Å². The van der Waals surface area contributed by atoms with Gasteiger partial charge in [-0.3, -0.25) is 0 Å². The van der Waals surface area contributed by atoms with E-state index >= 15 is 0 Å². The zero-order chi connectivity index (χ0) is 20.1. The summed E-state index contributed by atoms with van der Waals surface area (Å²) in [4.78, 5) is -0.265. The zero-order valence-electron chi connectivity index (χ0n) is 16.3. The number of hydrogen-bond donors (Lipinski definition) is 0. The number of hydrogen-bond acceptors (Lipinski definition) is 5. The first-order valence-electron chi connectivity index (χ1n) is 9.02. The van der Waals surface area contributed by atoms with Crippen molar-refractivity contribution < 1.29 is 22.4 Å². The molecular formula is C21H27O5S-. The Kier molecular flexibility index (Phi) is 6.89. The first-order chi connectivity index (χ1) is 12.6. The standard InChI is InChI=1S/C21H28O5S/c1-5-16(2)17-6-8-18(9-7-17)25-14-21(3,4)15-26-19-10-12-20(13-11-19)27(22,23)24/h6-13,16H,5,14-15H2,1-4H3,(H,22,23,24)/p-1. The molecule has 0 radical (unpaired) electrons. The van der Waals surface area contributed by atoms with Crippen molar-refractivity contribution in [2.24, 2.45) is 5.41 Å². The van der Waals surface area contributed by atoms with Crippen LogP contribution >= 0.6 is 0 Å². The molecule has 0 bridgehead atoms. The van der Waals surface area contributed by atoms with Crippen LogP contribution in [0.1, 0.15) is 45.6 Å². The van der Waals surface area contributed by atoms with Gasteiger partial charge < -0.3 is 14.0 Å². The molecule has 0 aliphatic rings. The third-order valence-electron chi connectivity index (χ3n) is 4.43. The smallest absolute Gasteiger partial charge is 0.124 e. The zero-order valence-corrected chi connectivity index (χ0v) is 17.1. The third kappa shape index (κ3) is 6.56. The van der Waals surface area contributed by atoms with E-state index in [-0.39, 0.29) is 10.3 Å². The van der Waals surface area contributed by atoms with Crippen LogP contribution in [0.4, 0.5) is 0 Å². The van der Waals surface area contributed by atoms with E-state index < -0.39 is 10.1 Å². The second-order valence-corrected chi connectivity index (χ2v) is 8.93. The highest BCUT2D eigenvalue weighted by Gasteiger charge is 2.20. The van der Waals surface area contributed by atoms with Gasteiger partial charge in [-0.2, -0.15) is 0 Å². The summed E-state index contributed by atoms with van der Waals surface area (Å²) in [6.07, 6.45) is 1.10. The van der Waals surface area contributed by atoms with E-state index in [0.29, 0.717) is 24.9 Å². The summed E-state index contributed by atoms with van der Waals surface area (Å²) in [5.74, 6) is 1.86. The highest BCUT2D eigenvalue weighted by molar-refractivity contribution is 7.85. The molecule has 0 saturated carbocycles. The van der Waals surface area contributed by atoms with Gasteiger partial charge in [-0.1, -0.05) is 39.8 Å². The SMILES string of the molecule is CCC(C)c1ccc(OCC(C)(C)COc2ccc(S(=O)(=O)[O-])cc2)cc1. The fraction of sp³-hybridized carbons (Fsp3) is 0.429. The quantitative estimate of drug-likeness (QED) is 0.585. The fourth-order valence-electron chi connectivity index (χ4n) is 2.43. The predicted octanol–water partition coefficient (Wildman–Crippen LogP) is 4.59. The van der Waals surface area contributed by atoms with Gasteiger partial charge in [-0.05, 0) is 54.3 Å². The Labute approximate surface area is 162 Å². The Morgan fingerprint density at radius 3 is 1.78 bits per heavy atom. The van der Waals surface area contributed by atoms with E-state index in [1.54, 1.807) is 0 Å². The summed E-state index contributed by atoms with van der Waals surface area (Å²) in [6, 6.07) is 13.6. The van der Waals surface area contributed by atoms with Crippen LogP contribution < -0.4 is 9.47 Å². The maximum atomic E-state index is 10.9. The third-order valence-corrected chi connectivity index (χ3v) is 5.28. The fourth-order valence-corrected chi connectivity index (χ4v) is 2.90. The van der Waals surface area contributed by atoms with Crippen LogP contribution in [0.15, 0.2) is 53.4 Å². The second kappa shape index (κ2) is 8.76. The highest BCUT2D eigenvalue weighted by Crippen LogP contribution is 2.24. The van der Waals surface area contributed by atoms with Gasteiger partial charge in [-0.15, -0.1) is 0 Å². The Balaban J connectivity index is 1.87. The summed E-state index contributed by atoms with van der Waals surface area (Å²) >= 11 is 0. The van der Waals surface area contributed by atoms with E-state index in [1.807, 2.05) is 26.0 Å². The maximum absolute atomic E-state index is 10.9. The van der Waals surface area contributed by atoms with Gasteiger partial charge in [0.1, 0.15) is 21.6 Å². The average Bonchev–Trinajstić information content (AvgIpc) is 2.64. The molecular weight excluding hydrogens is 364 g/mol. The van der Waals surface area contributed by atoms with E-state index in [4.69, 9.17) is 9.47 Å². The van der Waals surface area contributed by atoms with E-state index in [1.165, 1.54) is 29.8 Å². The van der Waals surface area contributed by atoms with Gasteiger partial charge in [0.2, 0.25) is 0 Å². The molecule has 2 aromatic rings. The van der Waals surface area contributed by atoms with Crippen molar-refractivity contribution in [1.82, 2.24) is 0 Å². The lowest BCUT2D eigenvalue weighted by molar-refractivity contribution is 0.110. The number of rotatable bonds is 9. The lowest BCUT2D eigenvalue weighted by Crippen LogP contribution is -2.28. The van der Waals surface area contributed by atoms with Crippen LogP contribution in [0.2, 0.25) is 0 Å². The molecule has 2 rings (SSSR count). The van der Waals surface area contributed by atoms with Crippen molar-refractivity contribution in [3.63, 3.8) is 0 Å². The summed E-state index contributed by atoms with van der Waals surface area (Å²) < 4.78 is 44.4. The molecule has 0 spiro atoms. The first-order valence-corrected chi connectivity index (χ1v) is 10.4. The Hall–Kier alpha value is -2.05. The van der Waals surface area contributed by atoms with Gasteiger partial charge in [0.05, 0.1) is 18.1 Å². The minimum atomic E-state index is -4.44. The minimum Gasteiger partial charge on any atom is -0.744 e. The Bertz CT molecular complexity index is 824. The van der Waals surface area contributed by atoms with Gasteiger partial charge in [0.25, 0.3) is 0 Å². The highest BCUT2D eigenvalue weighted by atomic mass is 32.2. The molecule has 0 fully saturated rings. The van der Waals surface area contributed by atoms with Crippen molar-refractivity contribution in [2.75, 3.05) is 13.2 Å². The molecule has 0 heterocycles. The van der Waals surface area contributed by atoms with Gasteiger partial charge in [0.15, 0.2) is 0 Å². The lowest BCUT2D eigenvalue weighted by atomic mass is 9.96. The van der Waals surface area contributed by atoms with Crippen molar-refractivity contribution in [3.8, 4) is 11.5 Å². The average molecular weight is 392 g/mol. The summed E-state index contributed by atoms with van der Waals surface area (Å²) in [5.41, 5.74) is 1.05. The van der Waals surface area contributed by atoms with Crippen LogP contribution in [0.25, 0.3) is 0 Å². The van der Waals surface area contributed by atoms with Crippen LogP contribution in [0.5, 0.6) is 11.5 Å². The molecule has 27 heavy (non-hydrogen) atoms. The minimum absolute atomic E-state index is 0.251. The predicted molar refractivity (Wildman–Crippen MR) is 104 cm³/mol. The van der Waals surface area contributed by atoms with Crippen LogP contribution in [-0.4, -0.2) is 26.2 Å². The summed E-state index contributed by atoms with van der Waals surface area (Å²) in [6.45, 7) is 9.29. The van der Waals surface area contributed by atoms with Crippen molar-refractivity contribution in [3.05, 3.63) is 54.1 Å². The molecule has 0 amide bonds. The van der Waals surface area contributed by atoms with Gasteiger partial charge in [0, 0.05) is 5.41 Å². The summed E-state index contributed by atoms with van der Waals surface area (Å²) in [7, 11) is -4.44. The molecule has 1 unspecified atom stereocenters. The van der Waals surface area contributed by atoms with Gasteiger partial charge >= 0.3 is 0 Å². The maximum Gasteiger partial charge on any atom is 0.124 e. The molecule has 0 aromatic heterocycles. The normalized spacial score (nSPS) is 13.2. The van der Waals surface area contributed by atoms with Crippen LogP contribution in [0.3, 0.4) is 0 Å². The molecule has 6 heteroatoms. The Morgan fingerprint density at radius 2 is 1.37 bits per heavy atom. The summed E-state index contributed by atoms with van der Waals surface area (Å²) in [5, 5.41) is 0. The molecule has 2 aromatic carbocycles. The molecule has 0 saturated heterocycles. The van der Waals surface area contributed by atoms with Crippen LogP contribution in [-0.2, 0) is 10.1 Å².